The number of carboxylic acids is 1. The Balaban J connectivity index is 2.46. The lowest BCUT2D eigenvalue weighted by Gasteiger charge is -2.42. The number of rotatable bonds is 2. The molecule has 1 saturated heterocycles. The largest absolute Gasteiger partial charge is 0.478 e. The summed E-state index contributed by atoms with van der Waals surface area (Å²) in [4.78, 5) is 36.0. The number of benzene rings is 1. The van der Waals surface area contributed by atoms with E-state index in [0.717, 1.165) is 0 Å². The number of hydrogen-bond acceptors (Lipinski definition) is 4. The quantitative estimate of drug-likeness (QED) is 0.794. The normalized spacial score (nSPS) is 17.9. The summed E-state index contributed by atoms with van der Waals surface area (Å²) in [5, 5.41) is 11.2. The molecule has 1 heterocycles. The van der Waals surface area contributed by atoms with Crippen LogP contribution in [0.1, 0.15) is 24.2 Å². The number of carbonyl (C=O) groups is 3. The van der Waals surface area contributed by atoms with Gasteiger partial charge < -0.3 is 10.0 Å². The molecule has 7 heteroatoms. The van der Waals surface area contributed by atoms with E-state index in [4.69, 9.17) is 5.11 Å². The Labute approximate surface area is 123 Å². The highest BCUT2D eigenvalue weighted by molar-refractivity contribution is 9.10. The number of amides is 2. The van der Waals surface area contributed by atoms with Crippen LogP contribution in [0.3, 0.4) is 0 Å². The number of aromatic carboxylic acids is 1. The van der Waals surface area contributed by atoms with Gasteiger partial charge in [-0.25, -0.2) is 4.79 Å². The molecule has 1 fully saturated rings. The molecule has 1 aromatic rings. The predicted octanol–water partition coefficient (Wildman–Crippen LogP) is 1.39. The number of nitrogens with one attached hydrogen (secondary N) is 1. The number of hydrogen-bond donors (Lipinski definition) is 2. The van der Waals surface area contributed by atoms with Crippen LogP contribution in [0.2, 0.25) is 0 Å². The molecule has 0 atom stereocenters. The van der Waals surface area contributed by atoms with Crippen molar-refractivity contribution < 1.29 is 19.5 Å². The third-order valence-electron chi connectivity index (χ3n) is 3.27. The summed E-state index contributed by atoms with van der Waals surface area (Å²) >= 11 is 3.29. The SMILES string of the molecule is CC1(C)C(=O)NC(=O)CN1c1ccc(C(=O)O)cc1Br. The first-order valence-electron chi connectivity index (χ1n) is 5.88. The van der Waals surface area contributed by atoms with Crippen LogP contribution in [0.4, 0.5) is 5.69 Å². The molecule has 0 aliphatic carbocycles. The van der Waals surface area contributed by atoms with Crippen molar-refractivity contribution in [3.63, 3.8) is 0 Å². The smallest absolute Gasteiger partial charge is 0.335 e. The van der Waals surface area contributed by atoms with Crippen LogP contribution in [0.5, 0.6) is 0 Å². The summed E-state index contributed by atoms with van der Waals surface area (Å²) in [5.41, 5.74) is -0.171. The molecule has 0 aromatic heterocycles. The molecular weight excluding hydrogens is 328 g/mol. The summed E-state index contributed by atoms with van der Waals surface area (Å²) in [6, 6.07) is 4.47. The van der Waals surface area contributed by atoms with Crippen LogP contribution in [-0.4, -0.2) is 35.0 Å². The van der Waals surface area contributed by atoms with Crippen molar-refractivity contribution in [1.82, 2.24) is 5.32 Å². The van der Waals surface area contributed by atoms with E-state index in [1.165, 1.54) is 12.1 Å². The van der Waals surface area contributed by atoms with Gasteiger partial charge in [-0.15, -0.1) is 0 Å². The monoisotopic (exact) mass is 340 g/mol. The van der Waals surface area contributed by atoms with Crippen molar-refractivity contribution >= 4 is 39.4 Å². The van der Waals surface area contributed by atoms with E-state index in [9.17, 15) is 14.4 Å². The molecule has 2 amide bonds. The van der Waals surface area contributed by atoms with Gasteiger partial charge in [0.1, 0.15) is 5.54 Å². The Kier molecular flexibility index (Phi) is 3.56. The fourth-order valence-electron chi connectivity index (χ4n) is 2.03. The number of nitrogens with zero attached hydrogens (tertiary/aromatic N) is 1. The molecule has 1 aliphatic heterocycles. The van der Waals surface area contributed by atoms with E-state index in [1.807, 2.05) is 0 Å². The zero-order valence-electron chi connectivity index (χ0n) is 10.9. The first-order chi connectivity index (χ1) is 9.23. The van der Waals surface area contributed by atoms with E-state index < -0.39 is 11.5 Å². The molecule has 2 rings (SSSR count). The van der Waals surface area contributed by atoms with Crippen molar-refractivity contribution in [2.45, 2.75) is 19.4 Å². The summed E-state index contributed by atoms with van der Waals surface area (Å²) in [6.07, 6.45) is 0. The van der Waals surface area contributed by atoms with Gasteiger partial charge >= 0.3 is 5.97 Å². The summed E-state index contributed by atoms with van der Waals surface area (Å²) in [7, 11) is 0. The molecule has 20 heavy (non-hydrogen) atoms. The topological polar surface area (TPSA) is 86.7 Å². The minimum Gasteiger partial charge on any atom is -0.478 e. The van der Waals surface area contributed by atoms with Crippen LogP contribution in [-0.2, 0) is 9.59 Å². The van der Waals surface area contributed by atoms with Crippen molar-refractivity contribution in [2.24, 2.45) is 0 Å². The fourth-order valence-corrected chi connectivity index (χ4v) is 2.62. The minimum atomic E-state index is -1.04. The van der Waals surface area contributed by atoms with Gasteiger partial charge in [-0.1, -0.05) is 0 Å². The second-order valence-corrected chi connectivity index (χ2v) is 5.85. The van der Waals surface area contributed by atoms with Gasteiger partial charge in [0, 0.05) is 4.47 Å². The first kappa shape index (κ1) is 14.5. The van der Waals surface area contributed by atoms with Crippen LogP contribution in [0, 0.1) is 0 Å². The second kappa shape index (κ2) is 4.90. The summed E-state index contributed by atoms with van der Waals surface area (Å²) in [5.74, 6) is -1.81. The van der Waals surface area contributed by atoms with Gasteiger partial charge in [-0.2, -0.15) is 0 Å². The molecule has 0 saturated carbocycles. The average molecular weight is 341 g/mol. The zero-order chi connectivity index (χ0) is 15.1. The molecule has 0 unspecified atom stereocenters. The van der Waals surface area contributed by atoms with Crippen molar-refractivity contribution in [2.75, 3.05) is 11.4 Å². The van der Waals surface area contributed by atoms with E-state index in [0.29, 0.717) is 10.2 Å². The Morgan fingerprint density at radius 2 is 2.05 bits per heavy atom. The number of carbonyl (C=O) groups excluding carboxylic acids is 2. The van der Waals surface area contributed by atoms with Crippen molar-refractivity contribution in [1.29, 1.82) is 0 Å². The first-order valence-corrected chi connectivity index (χ1v) is 6.67. The van der Waals surface area contributed by atoms with Gasteiger partial charge in [0.05, 0.1) is 17.8 Å². The third-order valence-corrected chi connectivity index (χ3v) is 3.91. The maximum atomic E-state index is 11.9. The van der Waals surface area contributed by atoms with E-state index in [-0.39, 0.29) is 23.9 Å². The number of carboxylic acid groups (broad SMARTS) is 1. The van der Waals surface area contributed by atoms with E-state index in [1.54, 1.807) is 24.8 Å². The minimum absolute atomic E-state index is 0.0315. The van der Waals surface area contributed by atoms with E-state index in [2.05, 4.69) is 21.2 Å². The maximum absolute atomic E-state index is 11.9. The molecule has 0 radical (unpaired) electrons. The van der Waals surface area contributed by atoms with Crippen LogP contribution in [0.25, 0.3) is 0 Å². The number of anilines is 1. The highest BCUT2D eigenvalue weighted by Crippen LogP contribution is 2.33. The van der Waals surface area contributed by atoms with Gasteiger partial charge in [-0.05, 0) is 48.0 Å². The molecule has 6 nitrogen and oxygen atoms in total. The molecule has 0 bridgehead atoms. The molecule has 1 aliphatic rings. The standard InChI is InChI=1S/C13H13BrN2O4/c1-13(2)12(20)15-10(17)6-16(13)9-4-3-7(11(18)19)5-8(9)14/h3-5H,6H2,1-2H3,(H,18,19)(H,15,17,20). The third kappa shape index (κ3) is 2.40. The van der Waals surface area contributed by atoms with Crippen molar-refractivity contribution in [3.8, 4) is 0 Å². The predicted molar refractivity (Wildman–Crippen MR) is 75.7 cm³/mol. The van der Waals surface area contributed by atoms with E-state index >= 15 is 0 Å². The lowest BCUT2D eigenvalue weighted by Crippen LogP contribution is -2.64. The Hall–Kier alpha value is -1.89. The highest BCUT2D eigenvalue weighted by Gasteiger charge is 2.41. The van der Waals surface area contributed by atoms with Crippen LogP contribution < -0.4 is 10.2 Å². The summed E-state index contributed by atoms with van der Waals surface area (Å²) in [6.45, 7) is 3.43. The average Bonchev–Trinajstić information content (AvgIpc) is 2.34. The van der Waals surface area contributed by atoms with Gasteiger partial charge in [0.2, 0.25) is 5.91 Å². The van der Waals surface area contributed by atoms with Gasteiger partial charge in [0.15, 0.2) is 0 Å². The van der Waals surface area contributed by atoms with Gasteiger partial charge in [-0.3, -0.25) is 14.9 Å². The molecule has 1 aromatic carbocycles. The lowest BCUT2D eigenvalue weighted by molar-refractivity contribution is -0.135. The Bertz CT molecular complexity index is 612. The molecule has 2 N–H and O–H groups in total. The number of halogens is 1. The molecular formula is C13H13BrN2O4. The number of piperazine rings is 1. The number of imide groups is 1. The zero-order valence-corrected chi connectivity index (χ0v) is 12.5. The fraction of sp³-hybridized carbons (Fsp3) is 0.308. The lowest BCUT2D eigenvalue weighted by atomic mass is 9.97. The van der Waals surface area contributed by atoms with Crippen LogP contribution in [0.15, 0.2) is 22.7 Å². The maximum Gasteiger partial charge on any atom is 0.335 e. The Morgan fingerprint density at radius 3 is 2.60 bits per heavy atom. The highest BCUT2D eigenvalue weighted by atomic mass is 79.9. The van der Waals surface area contributed by atoms with Gasteiger partial charge in [0.25, 0.3) is 5.91 Å². The molecule has 106 valence electrons. The van der Waals surface area contributed by atoms with Crippen molar-refractivity contribution in [3.05, 3.63) is 28.2 Å². The Morgan fingerprint density at radius 1 is 1.40 bits per heavy atom. The second-order valence-electron chi connectivity index (χ2n) is 4.99. The van der Waals surface area contributed by atoms with Crippen LogP contribution >= 0.6 is 15.9 Å². The molecule has 0 spiro atoms. The summed E-state index contributed by atoms with van der Waals surface area (Å²) < 4.78 is 0.521.